The van der Waals surface area contributed by atoms with Crippen LogP contribution in [0.2, 0.25) is 20.1 Å². The number of nitriles is 5. The predicted octanol–water partition coefficient (Wildman–Crippen LogP) is 22.7. The van der Waals surface area contributed by atoms with Crippen molar-refractivity contribution in [3.8, 4) is 143 Å². The summed E-state index contributed by atoms with van der Waals surface area (Å²) < 4.78 is 69.4. The molecule has 0 fully saturated rings. The van der Waals surface area contributed by atoms with Gasteiger partial charge in [0.25, 0.3) is 0 Å². The van der Waals surface area contributed by atoms with E-state index in [9.17, 15) is 48.3 Å². The highest BCUT2D eigenvalue weighted by atomic mass is 35.5. The van der Waals surface area contributed by atoms with Gasteiger partial charge in [-0.05, 0) is 194 Å². The van der Waals surface area contributed by atoms with Crippen LogP contribution in [0.4, 0.5) is 51.0 Å². The number of nitrogens with zero attached hydrogens (tertiary/aromatic N) is 20. The van der Waals surface area contributed by atoms with E-state index in [1.807, 2.05) is 182 Å². The van der Waals surface area contributed by atoms with Gasteiger partial charge in [-0.1, -0.05) is 107 Å². The number of hydrogen-bond acceptors (Lipinski definition) is 25. The number of pyridine rings is 5. The van der Waals surface area contributed by atoms with Crippen LogP contribution in [0.5, 0.6) is 0 Å². The first-order chi connectivity index (χ1) is 65.3. The second-order valence-corrected chi connectivity index (χ2v) is 31.1. The van der Waals surface area contributed by atoms with Gasteiger partial charge in [0.1, 0.15) is 70.8 Å². The molecule has 0 aliphatic heterocycles. The van der Waals surface area contributed by atoms with Gasteiger partial charge in [-0.3, -0.25) is 24.9 Å². The molecular weight excluding hydrogens is 1800 g/mol. The molecule has 135 heavy (non-hydrogen) atoms. The zero-order valence-electron chi connectivity index (χ0n) is 69.7. The van der Waals surface area contributed by atoms with Gasteiger partial charge < -0.3 is 28.7 Å². The van der Waals surface area contributed by atoms with Crippen molar-refractivity contribution in [2.75, 3.05) is 28.7 Å². The van der Waals surface area contributed by atoms with Crippen LogP contribution in [0.1, 0.15) is 34.0 Å². The molecule has 10 N–H and O–H groups in total. The largest absolute Gasteiger partial charge is 0.381 e. The lowest BCUT2D eigenvalue weighted by molar-refractivity contribution is 0.627. The Morgan fingerprint density at radius 3 is 0.881 bits per heavy atom. The number of fused-ring (bicyclic) bond motifs is 5. The lowest BCUT2D eigenvalue weighted by Gasteiger charge is -2.12. The Balaban J connectivity index is 0.000000123. The summed E-state index contributed by atoms with van der Waals surface area (Å²) in [6, 6.07) is 77.5. The molecule has 0 bridgehead atoms. The molecule has 0 amide bonds. The van der Waals surface area contributed by atoms with Crippen LogP contribution in [0.25, 0.3) is 167 Å². The number of aromatic nitrogens is 15. The molecule has 650 valence electrons. The molecule has 0 spiro atoms. The fourth-order valence-electron chi connectivity index (χ4n) is 14.3. The molecular formula is C101H58Cl4F5N25. The molecule has 10 aromatic carbocycles. The first kappa shape index (κ1) is 90.3. The number of hydrogen-bond donors (Lipinski definition) is 5. The molecule has 34 heteroatoms. The summed E-state index contributed by atoms with van der Waals surface area (Å²) in [6.45, 7) is 1.80. The van der Waals surface area contributed by atoms with E-state index < -0.39 is 23.3 Å². The molecule has 10 heterocycles. The van der Waals surface area contributed by atoms with Gasteiger partial charge in [-0.15, -0.1) is 0 Å². The molecule has 20 aromatic rings. The van der Waals surface area contributed by atoms with E-state index >= 15 is 0 Å². The average Bonchev–Trinajstić information content (AvgIpc) is 0.785. The van der Waals surface area contributed by atoms with Gasteiger partial charge in [0.05, 0.1) is 83.2 Å². The summed E-state index contributed by atoms with van der Waals surface area (Å²) in [4.78, 5) is 65.0. The van der Waals surface area contributed by atoms with Crippen LogP contribution in [-0.4, -0.2) is 74.8 Å². The summed E-state index contributed by atoms with van der Waals surface area (Å²) in [5.74, 6) is -2.51. The van der Waals surface area contributed by atoms with E-state index in [0.717, 1.165) is 76.8 Å². The van der Waals surface area contributed by atoms with Crippen LogP contribution < -0.4 is 28.7 Å². The molecule has 0 atom stereocenters. The Bertz CT molecular complexity index is 7990. The number of anilines is 5. The highest BCUT2D eigenvalue weighted by Gasteiger charge is 2.25. The third-order valence-electron chi connectivity index (χ3n) is 20.5. The first-order valence-electron chi connectivity index (χ1n) is 40.0. The SMILES string of the molecule is Cc1cc(F)cc(-c2nc(N)c(C#N)nc2-c2ccc3ncccc3c2)c1.N#Cc1nc(-c2ccc3ncccc3c2)c(-c2cc(F)cc(Cl)c2)nc1N.N#Cc1nc(-c2ccc3ncccc3c2)c(-c2ccc(Cl)cc2F)nc1N.N#Cc1nc(-c2ccc3ncccc3c2)c(-c2ccc(F)c(Cl)c2)nc1N.N#Cc1nc(-c2ccc3ncccc3c2)c(-c2ccc(F)cc2Cl)nc1N. The van der Waals surface area contributed by atoms with Gasteiger partial charge in [-0.25, -0.2) is 71.8 Å². The Labute approximate surface area is 783 Å². The van der Waals surface area contributed by atoms with E-state index in [-0.39, 0.29) is 94.7 Å². The molecule has 20 rings (SSSR count). The molecule has 0 saturated heterocycles. The molecule has 0 unspecified atom stereocenters. The second-order valence-electron chi connectivity index (χ2n) is 29.4. The number of nitrogen functional groups attached to an aromatic ring is 5. The van der Waals surface area contributed by atoms with Crippen molar-refractivity contribution in [2.45, 2.75) is 6.92 Å². The van der Waals surface area contributed by atoms with Gasteiger partial charge >= 0.3 is 0 Å². The van der Waals surface area contributed by atoms with Crippen molar-refractivity contribution in [3.63, 3.8) is 0 Å². The van der Waals surface area contributed by atoms with Crippen molar-refractivity contribution >= 4 is 130 Å². The zero-order chi connectivity index (χ0) is 94.8. The molecule has 0 aliphatic carbocycles. The fourth-order valence-corrected chi connectivity index (χ4v) is 15.1. The molecule has 0 saturated carbocycles. The van der Waals surface area contributed by atoms with Gasteiger partial charge in [0, 0.05) is 124 Å². The van der Waals surface area contributed by atoms with Crippen LogP contribution in [-0.2, 0) is 0 Å². The van der Waals surface area contributed by atoms with Crippen molar-refractivity contribution < 1.29 is 22.0 Å². The average molecular weight is 1860 g/mol. The standard InChI is InChI=1S/C21H14FN5.4C20H11ClFN5/c1-12-7-15(10-16(22)8-12)20-19(26-18(11-23)21(24)27-20)14-4-5-17-13(9-14)3-2-6-25-17;21-15-9-13(22)4-5-14(15)19-18(26-17(10-23)20(24)27-19)12-3-6-16-11(8-12)2-1-7-25-16;21-13-4-5-14(15(22)9-13)19-18(26-17(10-23)20(24)27-19)12-3-6-16-11(8-12)2-1-7-25-16;21-14-9-13(3-5-15(14)22)19-18(26-17(10-23)20(24)27-19)12-4-6-16-11(8-12)2-1-7-25-16;21-14-7-13(8-15(22)9-14)19-18(26-17(10-23)20(24)27-19)12-3-4-16-11(6-12)2-1-5-25-16/h2-10H,1H3,(H2,24,27);4*1-9H,(H2,24,27). The number of halogens is 9. The van der Waals surface area contributed by atoms with Crippen molar-refractivity contribution in [3.05, 3.63) is 357 Å². The Morgan fingerprint density at radius 1 is 0.244 bits per heavy atom. The van der Waals surface area contributed by atoms with E-state index in [0.29, 0.717) is 84.6 Å². The zero-order valence-corrected chi connectivity index (χ0v) is 72.7. The summed E-state index contributed by atoms with van der Waals surface area (Å²) in [5.41, 5.74) is 43.9. The Morgan fingerprint density at radius 2 is 0.548 bits per heavy atom. The van der Waals surface area contributed by atoms with Gasteiger partial charge in [-0.2, -0.15) is 26.3 Å². The number of nitrogens with two attached hydrogens (primary N) is 5. The Hall–Kier alpha value is -18.1. The fraction of sp³-hybridized carbons (Fsp3) is 0.00990. The highest BCUT2D eigenvalue weighted by molar-refractivity contribution is 6.33. The van der Waals surface area contributed by atoms with Crippen molar-refractivity contribution in [1.29, 1.82) is 26.3 Å². The molecule has 0 aliphatic rings. The molecule has 0 radical (unpaired) electrons. The monoisotopic (exact) mass is 1860 g/mol. The minimum Gasteiger partial charge on any atom is -0.381 e. The maximum Gasteiger partial charge on any atom is 0.183 e. The van der Waals surface area contributed by atoms with Crippen LogP contribution in [0, 0.1) is 92.7 Å². The highest BCUT2D eigenvalue weighted by Crippen LogP contribution is 2.42. The predicted molar refractivity (Wildman–Crippen MR) is 511 cm³/mol. The number of rotatable bonds is 10. The van der Waals surface area contributed by atoms with Gasteiger partial charge in [0.15, 0.2) is 57.6 Å². The van der Waals surface area contributed by atoms with Crippen LogP contribution in [0.15, 0.2) is 274 Å². The van der Waals surface area contributed by atoms with E-state index in [2.05, 4.69) is 74.8 Å². The lowest BCUT2D eigenvalue weighted by Crippen LogP contribution is -2.04. The third kappa shape index (κ3) is 19.9. The first-order valence-corrected chi connectivity index (χ1v) is 41.6. The van der Waals surface area contributed by atoms with E-state index in [1.165, 1.54) is 66.7 Å². The third-order valence-corrected chi connectivity index (χ3v) is 21.6. The molecule has 10 aromatic heterocycles. The quantitative estimate of drug-likeness (QED) is 0.0794. The second kappa shape index (κ2) is 39.5. The topological polar surface area (TPSA) is 442 Å². The molecule has 25 nitrogen and oxygen atoms in total. The van der Waals surface area contributed by atoms with Crippen LogP contribution >= 0.6 is 46.4 Å². The lowest BCUT2D eigenvalue weighted by atomic mass is 10.0. The summed E-state index contributed by atoms with van der Waals surface area (Å²) in [7, 11) is 0. The van der Waals surface area contributed by atoms with Crippen LogP contribution in [0.3, 0.4) is 0 Å². The van der Waals surface area contributed by atoms with Crippen molar-refractivity contribution in [1.82, 2.24) is 74.8 Å². The summed E-state index contributed by atoms with van der Waals surface area (Å²) >= 11 is 24.0. The normalized spacial score (nSPS) is 10.7. The minimum absolute atomic E-state index is 0.000784. The number of benzene rings is 10. The Kier molecular flexibility index (Phi) is 26.4. The maximum absolute atomic E-state index is 14.5. The summed E-state index contributed by atoms with van der Waals surface area (Å²) in [6.07, 6.45) is 8.55. The minimum atomic E-state index is -0.551. The maximum atomic E-state index is 14.5. The van der Waals surface area contributed by atoms with Gasteiger partial charge in [0.2, 0.25) is 0 Å². The van der Waals surface area contributed by atoms with E-state index in [1.54, 1.807) is 62.2 Å². The number of aryl methyl sites for hydroxylation is 1. The van der Waals surface area contributed by atoms with E-state index in [4.69, 9.17) is 75.1 Å². The smallest absolute Gasteiger partial charge is 0.183 e. The summed E-state index contributed by atoms with van der Waals surface area (Å²) in [5, 5.41) is 51.6. The van der Waals surface area contributed by atoms with Crippen molar-refractivity contribution in [2.24, 2.45) is 0 Å².